The molecule has 1 aromatic rings. The number of nitrogens with two attached hydrogens (primary N) is 1. The third-order valence-electron chi connectivity index (χ3n) is 1.71. The number of aromatic nitrogens is 2. The van der Waals surface area contributed by atoms with Crippen LogP contribution in [0.3, 0.4) is 0 Å². The van der Waals surface area contributed by atoms with Gasteiger partial charge in [-0.1, -0.05) is 0 Å². The Kier molecular flexibility index (Phi) is 3.89. The molecule has 2 atom stereocenters. The van der Waals surface area contributed by atoms with Crippen LogP contribution >= 0.6 is 0 Å². The Bertz CT molecular complexity index is 270. The second-order valence-electron chi connectivity index (χ2n) is 2.69. The molecular formula is C7H15As2N3. The van der Waals surface area contributed by atoms with Crippen molar-refractivity contribution in [3.05, 3.63) is 5.69 Å². The van der Waals surface area contributed by atoms with E-state index in [0.717, 1.165) is 6.54 Å². The van der Waals surface area contributed by atoms with Crippen LogP contribution in [-0.2, 0) is 7.05 Å². The molecule has 0 radical (unpaired) electrons. The van der Waals surface area contributed by atoms with E-state index in [1.807, 2.05) is 11.7 Å². The second kappa shape index (κ2) is 4.50. The van der Waals surface area contributed by atoms with Crippen molar-refractivity contribution < 1.29 is 0 Å². The Labute approximate surface area is 88.3 Å². The first-order chi connectivity index (χ1) is 5.66. The Balaban J connectivity index is 2.82. The predicted octanol–water partition coefficient (Wildman–Crippen LogP) is -2.57. The molecule has 0 aromatic carbocycles. The predicted molar refractivity (Wildman–Crippen MR) is 56.8 cm³/mol. The molecular weight excluding hydrogens is 276 g/mol. The summed E-state index contributed by atoms with van der Waals surface area (Å²) in [5.41, 5.74) is 6.68. The van der Waals surface area contributed by atoms with Crippen LogP contribution in [0.4, 0.5) is 0 Å². The van der Waals surface area contributed by atoms with Gasteiger partial charge >= 0.3 is 88.4 Å². The quantitative estimate of drug-likeness (QED) is 0.622. The summed E-state index contributed by atoms with van der Waals surface area (Å²) in [5.74, 6) is 0. The van der Waals surface area contributed by atoms with Gasteiger partial charge in [-0.05, 0) is 0 Å². The maximum atomic E-state index is 5.49. The Hall–Kier alpha value is 0.287. The maximum absolute atomic E-state index is 5.49. The van der Waals surface area contributed by atoms with Gasteiger partial charge in [0.1, 0.15) is 0 Å². The molecule has 2 N–H and O–H groups in total. The van der Waals surface area contributed by atoms with Crippen LogP contribution in [0.25, 0.3) is 0 Å². The average molecular weight is 291 g/mol. The van der Waals surface area contributed by atoms with E-state index in [-0.39, 0.29) is 15.8 Å². The van der Waals surface area contributed by atoms with Gasteiger partial charge in [-0.25, -0.2) is 0 Å². The Morgan fingerprint density at radius 3 is 2.75 bits per heavy atom. The van der Waals surface area contributed by atoms with Crippen LogP contribution < -0.4 is 14.6 Å². The van der Waals surface area contributed by atoms with Crippen molar-refractivity contribution in [2.75, 3.05) is 6.54 Å². The van der Waals surface area contributed by atoms with Crippen molar-refractivity contribution >= 4 is 41.4 Å². The van der Waals surface area contributed by atoms with Crippen molar-refractivity contribution in [3.8, 4) is 0 Å². The molecule has 3 nitrogen and oxygen atoms in total. The number of hydrogen-bond donors (Lipinski definition) is 1. The molecule has 0 saturated carbocycles. The molecule has 1 rings (SSSR count). The van der Waals surface area contributed by atoms with Gasteiger partial charge in [0, 0.05) is 0 Å². The minimum absolute atomic E-state index is 0.0359. The summed E-state index contributed by atoms with van der Waals surface area (Å²) in [6, 6.07) is 0. The monoisotopic (exact) mass is 291 g/mol. The first-order valence-electron chi connectivity index (χ1n) is 3.89. The van der Waals surface area contributed by atoms with Crippen molar-refractivity contribution in [2.24, 2.45) is 12.8 Å². The number of nitrogens with zero attached hydrogens (tertiary/aromatic N) is 2. The van der Waals surface area contributed by atoms with Gasteiger partial charge in [-0.2, -0.15) is 0 Å². The van der Waals surface area contributed by atoms with E-state index in [1.165, 1.54) is 19.7 Å². The van der Waals surface area contributed by atoms with Gasteiger partial charge in [0.25, 0.3) is 0 Å². The zero-order valence-corrected chi connectivity index (χ0v) is 12.0. The first kappa shape index (κ1) is 10.4. The number of hydrogen-bond acceptors (Lipinski definition) is 2. The summed E-state index contributed by atoms with van der Waals surface area (Å²) >= 11 is 1.65. The summed E-state index contributed by atoms with van der Waals surface area (Å²) in [6.07, 6.45) is 0. The molecule has 0 bridgehead atoms. The standard InChI is InChI=1S/C7H15As2N3/c1-5-6(8)7(9-3-4-10)12(2)11-5/h9H,3-4,8,10H2,1-2H3. The van der Waals surface area contributed by atoms with Gasteiger partial charge in [0.2, 0.25) is 0 Å². The summed E-state index contributed by atoms with van der Waals surface area (Å²) < 4.78 is 4.93. The molecule has 0 saturated heterocycles. The van der Waals surface area contributed by atoms with Crippen LogP contribution in [0, 0.1) is 6.92 Å². The first-order valence-corrected chi connectivity index (χ1v) is 7.64. The third kappa shape index (κ3) is 2.16. The molecule has 1 aromatic heterocycles. The van der Waals surface area contributed by atoms with E-state index in [0.29, 0.717) is 0 Å². The number of rotatable bonds is 3. The van der Waals surface area contributed by atoms with E-state index >= 15 is 0 Å². The Morgan fingerprint density at radius 2 is 2.33 bits per heavy atom. The fourth-order valence-electron chi connectivity index (χ4n) is 1.07. The van der Waals surface area contributed by atoms with Gasteiger partial charge in [-0.3, -0.25) is 0 Å². The zero-order chi connectivity index (χ0) is 9.14. The van der Waals surface area contributed by atoms with Crippen LogP contribution in [0.5, 0.6) is 0 Å². The molecule has 0 fully saturated rings. The summed E-state index contributed by atoms with van der Waals surface area (Å²) in [4.78, 5) is 0. The molecule has 0 aliphatic heterocycles. The summed E-state index contributed by atoms with van der Waals surface area (Å²) in [7, 11) is 2.03. The molecule has 0 amide bonds. The van der Waals surface area contributed by atoms with E-state index in [2.05, 4.69) is 12.0 Å². The Morgan fingerprint density at radius 1 is 1.67 bits per heavy atom. The fourth-order valence-corrected chi connectivity index (χ4v) is 4.86. The van der Waals surface area contributed by atoms with Crippen LogP contribution in [-0.4, -0.2) is 48.9 Å². The van der Waals surface area contributed by atoms with Crippen molar-refractivity contribution in [2.45, 2.75) is 12.1 Å². The van der Waals surface area contributed by atoms with Gasteiger partial charge in [0.15, 0.2) is 0 Å². The minimum atomic E-state index is -0.0359. The van der Waals surface area contributed by atoms with Gasteiger partial charge in [0.05, 0.1) is 0 Å². The van der Waals surface area contributed by atoms with Crippen LogP contribution in [0.1, 0.15) is 5.69 Å². The van der Waals surface area contributed by atoms with Crippen molar-refractivity contribution in [3.63, 3.8) is 0 Å². The van der Waals surface area contributed by atoms with E-state index in [1.54, 1.807) is 16.9 Å². The van der Waals surface area contributed by atoms with Crippen molar-refractivity contribution in [1.29, 1.82) is 0 Å². The second-order valence-corrected chi connectivity index (χ2v) is 6.68. The van der Waals surface area contributed by atoms with E-state index in [9.17, 15) is 0 Å². The average Bonchev–Trinajstić information content (AvgIpc) is 2.25. The molecule has 0 spiro atoms. The summed E-state index contributed by atoms with van der Waals surface area (Å²) in [5, 5.41) is 5.56. The van der Waals surface area contributed by atoms with Gasteiger partial charge < -0.3 is 0 Å². The molecule has 0 aliphatic carbocycles. The topological polar surface area (TPSA) is 43.8 Å². The van der Waals surface area contributed by atoms with E-state index in [4.69, 9.17) is 5.73 Å². The molecule has 12 heavy (non-hydrogen) atoms. The van der Waals surface area contributed by atoms with E-state index < -0.39 is 0 Å². The van der Waals surface area contributed by atoms with Gasteiger partial charge in [-0.15, -0.1) is 0 Å². The molecule has 2 unspecified atom stereocenters. The van der Waals surface area contributed by atoms with Crippen LogP contribution in [0.15, 0.2) is 0 Å². The molecule has 68 valence electrons. The third-order valence-corrected chi connectivity index (χ3v) is 7.50. The van der Waals surface area contributed by atoms with Crippen LogP contribution in [0.2, 0.25) is 5.21 Å². The normalized spacial score (nSPS) is 11.7. The SMILES string of the molecule is Cc1nn(C)c([AsH]CCN)c1[AsH2]. The van der Waals surface area contributed by atoms with Crippen molar-refractivity contribution in [1.82, 2.24) is 9.78 Å². The fraction of sp³-hybridized carbons (Fsp3) is 0.571. The molecule has 5 heteroatoms. The molecule has 1 heterocycles. The zero-order valence-electron chi connectivity index (χ0n) is 7.46. The summed E-state index contributed by atoms with van der Waals surface area (Å²) in [6.45, 7) is 2.89. The molecule has 0 aliphatic rings. The number of aryl methyl sites for hydroxylation is 2.